The van der Waals surface area contributed by atoms with Crippen molar-refractivity contribution in [1.29, 1.82) is 0 Å². The van der Waals surface area contributed by atoms with Crippen molar-refractivity contribution in [2.45, 2.75) is 24.8 Å². The third-order valence-electron chi connectivity index (χ3n) is 4.54. The summed E-state index contributed by atoms with van der Waals surface area (Å²) in [5.74, 6) is -0.351. The number of nitrogens with one attached hydrogen (secondary N) is 1. The van der Waals surface area contributed by atoms with Crippen molar-refractivity contribution in [2.75, 3.05) is 12.4 Å². The van der Waals surface area contributed by atoms with E-state index >= 15 is 0 Å². The Kier molecular flexibility index (Phi) is 5.30. The van der Waals surface area contributed by atoms with Gasteiger partial charge in [0, 0.05) is 29.7 Å². The predicted octanol–water partition coefficient (Wildman–Crippen LogP) is 4.12. The number of hydrogen-bond acceptors (Lipinski definition) is 3. The Balaban J connectivity index is 1.92. The molecule has 3 aromatic rings. The van der Waals surface area contributed by atoms with Gasteiger partial charge in [-0.2, -0.15) is 4.31 Å². The summed E-state index contributed by atoms with van der Waals surface area (Å²) in [6, 6.07) is 19.3. The van der Waals surface area contributed by atoms with E-state index in [0.29, 0.717) is 11.3 Å². The van der Waals surface area contributed by atoms with Crippen LogP contribution in [-0.2, 0) is 10.0 Å². The zero-order valence-corrected chi connectivity index (χ0v) is 16.3. The molecule has 5 nitrogen and oxygen atoms in total. The van der Waals surface area contributed by atoms with Crippen LogP contribution in [0.3, 0.4) is 0 Å². The molecule has 0 aliphatic rings. The van der Waals surface area contributed by atoms with Crippen LogP contribution in [-0.4, -0.2) is 31.7 Å². The van der Waals surface area contributed by atoms with Crippen LogP contribution in [0.2, 0.25) is 0 Å². The fourth-order valence-corrected chi connectivity index (χ4v) is 4.18. The summed E-state index contributed by atoms with van der Waals surface area (Å²) >= 11 is 0. The van der Waals surface area contributed by atoms with E-state index in [9.17, 15) is 13.2 Å². The molecule has 27 heavy (non-hydrogen) atoms. The van der Waals surface area contributed by atoms with Gasteiger partial charge in [-0.05, 0) is 43.5 Å². The van der Waals surface area contributed by atoms with Crippen LogP contribution in [0.25, 0.3) is 10.8 Å². The molecule has 0 spiro atoms. The smallest absolute Gasteiger partial charge is 0.255 e. The van der Waals surface area contributed by atoms with Crippen LogP contribution in [0.4, 0.5) is 5.69 Å². The Labute approximate surface area is 159 Å². The molecule has 1 amide bonds. The van der Waals surface area contributed by atoms with Gasteiger partial charge in [-0.15, -0.1) is 0 Å². The lowest BCUT2D eigenvalue weighted by molar-refractivity contribution is 0.102. The van der Waals surface area contributed by atoms with E-state index in [1.807, 2.05) is 42.5 Å². The number of anilines is 1. The molecule has 3 aromatic carbocycles. The van der Waals surface area contributed by atoms with Gasteiger partial charge in [-0.25, -0.2) is 8.42 Å². The van der Waals surface area contributed by atoms with Gasteiger partial charge in [-0.3, -0.25) is 4.79 Å². The standard InChI is InChI=1S/C21H22N2O3S/c1-15(2)23(3)27(25,26)18-11-6-10-17(14-18)21(24)22-20-13-7-9-16-8-4-5-12-19(16)20/h4-15H,1-3H3,(H,22,24). The number of nitrogens with zero attached hydrogens (tertiary/aromatic N) is 1. The Morgan fingerprint density at radius 1 is 0.963 bits per heavy atom. The zero-order valence-electron chi connectivity index (χ0n) is 15.5. The van der Waals surface area contributed by atoms with Crippen LogP contribution in [0, 0.1) is 0 Å². The highest BCUT2D eigenvalue weighted by Gasteiger charge is 2.24. The average Bonchev–Trinajstić information content (AvgIpc) is 2.67. The van der Waals surface area contributed by atoms with Crippen molar-refractivity contribution >= 4 is 32.4 Å². The van der Waals surface area contributed by atoms with Gasteiger partial charge < -0.3 is 5.32 Å². The number of benzene rings is 3. The molecule has 0 unspecified atom stereocenters. The molecule has 3 rings (SSSR count). The normalized spacial score (nSPS) is 11.9. The van der Waals surface area contributed by atoms with Crippen LogP contribution in [0.5, 0.6) is 0 Å². The maximum atomic E-state index is 12.7. The van der Waals surface area contributed by atoms with Gasteiger partial charge in [0.05, 0.1) is 4.90 Å². The summed E-state index contributed by atoms with van der Waals surface area (Å²) < 4.78 is 26.6. The third-order valence-corrected chi connectivity index (χ3v) is 6.57. The second-order valence-corrected chi connectivity index (χ2v) is 8.62. The number of sulfonamides is 1. The topological polar surface area (TPSA) is 66.5 Å². The molecule has 0 aliphatic carbocycles. The highest BCUT2D eigenvalue weighted by molar-refractivity contribution is 7.89. The van der Waals surface area contributed by atoms with E-state index in [1.54, 1.807) is 26.0 Å². The number of fused-ring (bicyclic) bond motifs is 1. The molecule has 6 heteroatoms. The SMILES string of the molecule is CC(C)N(C)S(=O)(=O)c1cccc(C(=O)Nc2cccc3ccccc23)c1. The summed E-state index contributed by atoms with van der Waals surface area (Å²) in [6.07, 6.45) is 0. The Morgan fingerprint density at radius 3 is 2.37 bits per heavy atom. The quantitative estimate of drug-likeness (QED) is 0.722. The minimum atomic E-state index is -3.65. The first-order valence-corrected chi connectivity index (χ1v) is 10.1. The molecule has 0 aromatic heterocycles. The molecule has 0 fully saturated rings. The van der Waals surface area contributed by atoms with Crippen molar-refractivity contribution in [2.24, 2.45) is 0 Å². The Hall–Kier alpha value is -2.70. The van der Waals surface area contributed by atoms with E-state index in [2.05, 4.69) is 5.32 Å². The van der Waals surface area contributed by atoms with E-state index < -0.39 is 10.0 Å². The monoisotopic (exact) mass is 382 g/mol. The molecule has 0 radical (unpaired) electrons. The summed E-state index contributed by atoms with van der Waals surface area (Å²) in [5.41, 5.74) is 0.979. The first-order valence-electron chi connectivity index (χ1n) is 8.68. The lowest BCUT2D eigenvalue weighted by Gasteiger charge is -2.21. The Morgan fingerprint density at radius 2 is 1.63 bits per heavy atom. The lowest BCUT2D eigenvalue weighted by Crippen LogP contribution is -2.33. The van der Waals surface area contributed by atoms with Crippen molar-refractivity contribution < 1.29 is 13.2 Å². The molecule has 0 saturated heterocycles. The second-order valence-electron chi connectivity index (χ2n) is 6.62. The van der Waals surface area contributed by atoms with Gasteiger partial charge in [-0.1, -0.05) is 42.5 Å². The van der Waals surface area contributed by atoms with Crippen LogP contribution in [0.15, 0.2) is 71.6 Å². The van der Waals surface area contributed by atoms with Gasteiger partial charge in [0.15, 0.2) is 0 Å². The fourth-order valence-electron chi connectivity index (χ4n) is 2.77. The lowest BCUT2D eigenvalue weighted by atomic mass is 10.1. The van der Waals surface area contributed by atoms with Crippen LogP contribution in [0.1, 0.15) is 24.2 Å². The molecule has 1 N–H and O–H groups in total. The molecular formula is C21H22N2O3S. The van der Waals surface area contributed by atoms with Gasteiger partial charge >= 0.3 is 0 Å². The minimum Gasteiger partial charge on any atom is -0.321 e. The number of carbonyl (C=O) groups is 1. The van der Waals surface area contributed by atoms with Crippen molar-refractivity contribution in [3.63, 3.8) is 0 Å². The molecule has 0 bridgehead atoms. The van der Waals surface area contributed by atoms with Gasteiger partial charge in [0.2, 0.25) is 10.0 Å². The van der Waals surface area contributed by atoms with Crippen molar-refractivity contribution in [3.05, 3.63) is 72.3 Å². The Bertz CT molecular complexity index is 1090. The largest absolute Gasteiger partial charge is 0.321 e. The van der Waals surface area contributed by atoms with Crippen molar-refractivity contribution in [1.82, 2.24) is 4.31 Å². The predicted molar refractivity (Wildman–Crippen MR) is 108 cm³/mol. The highest BCUT2D eigenvalue weighted by atomic mass is 32.2. The number of rotatable bonds is 5. The van der Waals surface area contributed by atoms with Crippen LogP contribution >= 0.6 is 0 Å². The third kappa shape index (κ3) is 3.86. The van der Waals surface area contributed by atoms with Gasteiger partial charge in [0.25, 0.3) is 5.91 Å². The summed E-state index contributed by atoms with van der Waals surface area (Å²) in [4.78, 5) is 12.8. The number of carbonyl (C=O) groups excluding carboxylic acids is 1. The van der Waals surface area contributed by atoms with Crippen LogP contribution < -0.4 is 5.32 Å². The molecule has 140 valence electrons. The maximum Gasteiger partial charge on any atom is 0.255 e. The summed E-state index contributed by atoms with van der Waals surface area (Å²) in [6.45, 7) is 3.60. The number of amides is 1. The zero-order chi connectivity index (χ0) is 19.6. The second kappa shape index (κ2) is 7.50. The van der Waals surface area contributed by atoms with E-state index in [0.717, 1.165) is 10.8 Å². The molecule has 0 heterocycles. The fraction of sp³-hybridized carbons (Fsp3) is 0.190. The first kappa shape index (κ1) is 19.1. The summed E-state index contributed by atoms with van der Waals surface area (Å²) in [5, 5.41) is 4.83. The molecular weight excluding hydrogens is 360 g/mol. The molecule has 0 aliphatic heterocycles. The summed E-state index contributed by atoms with van der Waals surface area (Å²) in [7, 11) is -2.12. The molecule has 0 atom stereocenters. The van der Waals surface area contributed by atoms with E-state index in [-0.39, 0.29) is 16.8 Å². The molecule has 0 saturated carbocycles. The van der Waals surface area contributed by atoms with Gasteiger partial charge in [0.1, 0.15) is 0 Å². The average molecular weight is 382 g/mol. The van der Waals surface area contributed by atoms with E-state index in [1.165, 1.54) is 23.5 Å². The highest BCUT2D eigenvalue weighted by Crippen LogP contribution is 2.24. The first-order chi connectivity index (χ1) is 12.8. The maximum absolute atomic E-state index is 12.7. The van der Waals surface area contributed by atoms with E-state index in [4.69, 9.17) is 0 Å². The number of hydrogen-bond donors (Lipinski definition) is 1. The minimum absolute atomic E-state index is 0.101. The van der Waals surface area contributed by atoms with Crippen molar-refractivity contribution in [3.8, 4) is 0 Å².